The van der Waals surface area contributed by atoms with E-state index in [1.165, 1.54) is 6.42 Å². The molecule has 3 nitrogen and oxygen atoms in total. The van der Waals surface area contributed by atoms with Crippen molar-refractivity contribution in [3.8, 4) is 0 Å². The van der Waals surface area contributed by atoms with Gasteiger partial charge in [-0.1, -0.05) is 13.3 Å². The van der Waals surface area contributed by atoms with Gasteiger partial charge in [0.25, 0.3) is 0 Å². The molecule has 1 saturated carbocycles. The number of carbonyl (C=O) groups is 1. The summed E-state index contributed by atoms with van der Waals surface area (Å²) in [5.74, 6) is 1.00. The Morgan fingerprint density at radius 3 is 2.64 bits per heavy atom. The van der Waals surface area contributed by atoms with Crippen molar-refractivity contribution in [2.45, 2.75) is 32.6 Å². The maximum atomic E-state index is 12.2. The molecule has 0 bridgehead atoms. The summed E-state index contributed by atoms with van der Waals surface area (Å²) in [4.78, 5) is 14.2. The second kappa shape index (κ2) is 3.54. The van der Waals surface area contributed by atoms with E-state index in [-0.39, 0.29) is 5.41 Å². The van der Waals surface area contributed by atoms with Gasteiger partial charge in [-0.25, -0.2) is 0 Å². The van der Waals surface area contributed by atoms with Gasteiger partial charge in [0.15, 0.2) is 0 Å². The van der Waals surface area contributed by atoms with Crippen LogP contribution in [-0.4, -0.2) is 30.4 Å². The van der Waals surface area contributed by atoms with Crippen LogP contribution in [-0.2, 0) is 4.79 Å². The molecule has 2 N–H and O–H groups in total. The summed E-state index contributed by atoms with van der Waals surface area (Å²) in [6.45, 7) is 4.64. The minimum absolute atomic E-state index is 0.163. The molecule has 1 unspecified atom stereocenters. The summed E-state index contributed by atoms with van der Waals surface area (Å²) >= 11 is 0. The number of hydrogen-bond donors (Lipinski definition) is 1. The molecule has 1 amide bonds. The fraction of sp³-hybridized carbons (Fsp3) is 0.909. The fourth-order valence-electron chi connectivity index (χ4n) is 2.56. The SMILES string of the molecule is CC1CCN(C(=O)C2(CN)CCC2)C1. The molecule has 2 fully saturated rings. The molecule has 2 rings (SSSR count). The monoisotopic (exact) mass is 196 g/mol. The highest BCUT2D eigenvalue weighted by Gasteiger charge is 2.45. The smallest absolute Gasteiger partial charge is 0.230 e. The van der Waals surface area contributed by atoms with Crippen LogP contribution in [0.15, 0.2) is 0 Å². The van der Waals surface area contributed by atoms with Gasteiger partial charge in [-0.05, 0) is 25.2 Å². The predicted molar refractivity (Wildman–Crippen MR) is 55.7 cm³/mol. The number of rotatable bonds is 2. The molecule has 0 aromatic carbocycles. The Morgan fingerprint density at radius 2 is 2.29 bits per heavy atom. The van der Waals surface area contributed by atoms with Gasteiger partial charge in [0, 0.05) is 19.6 Å². The van der Waals surface area contributed by atoms with Crippen LogP contribution in [0.2, 0.25) is 0 Å². The number of nitrogens with two attached hydrogens (primary N) is 1. The van der Waals surface area contributed by atoms with E-state index in [4.69, 9.17) is 5.73 Å². The lowest BCUT2D eigenvalue weighted by atomic mass is 9.68. The average Bonchev–Trinajstić information content (AvgIpc) is 2.50. The normalized spacial score (nSPS) is 30.1. The average molecular weight is 196 g/mol. The van der Waals surface area contributed by atoms with Gasteiger partial charge in [-0.3, -0.25) is 4.79 Å². The molecule has 1 heterocycles. The molecule has 14 heavy (non-hydrogen) atoms. The summed E-state index contributed by atoms with van der Waals surface area (Å²) in [6, 6.07) is 0. The molecule has 1 saturated heterocycles. The van der Waals surface area contributed by atoms with Crippen LogP contribution in [0.5, 0.6) is 0 Å². The Labute approximate surface area is 85.6 Å². The second-order valence-corrected chi connectivity index (χ2v) is 4.98. The zero-order valence-electron chi connectivity index (χ0n) is 8.96. The molecule has 80 valence electrons. The van der Waals surface area contributed by atoms with Crippen LogP contribution in [0.1, 0.15) is 32.6 Å². The van der Waals surface area contributed by atoms with Crippen LogP contribution in [0.3, 0.4) is 0 Å². The zero-order valence-corrected chi connectivity index (χ0v) is 8.96. The summed E-state index contributed by atoms with van der Waals surface area (Å²) in [5.41, 5.74) is 5.56. The van der Waals surface area contributed by atoms with Crippen LogP contribution in [0.4, 0.5) is 0 Å². The fourth-order valence-corrected chi connectivity index (χ4v) is 2.56. The lowest BCUT2D eigenvalue weighted by Gasteiger charge is -2.41. The molecular formula is C11H20N2O. The lowest BCUT2D eigenvalue weighted by molar-refractivity contribution is -0.145. The number of likely N-dealkylation sites (tertiary alicyclic amines) is 1. The molecule has 1 atom stereocenters. The van der Waals surface area contributed by atoms with Gasteiger partial charge in [0.1, 0.15) is 0 Å². The first kappa shape index (κ1) is 9.97. The molecule has 1 aliphatic heterocycles. The van der Waals surface area contributed by atoms with Gasteiger partial charge in [-0.2, -0.15) is 0 Å². The van der Waals surface area contributed by atoms with Crippen LogP contribution in [0, 0.1) is 11.3 Å². The third kappa shape index (κ3) is 1.44. The topological polar surface area (TPSA) is 46.3 Å². The standard InChI is InChI=1S/C11H20N2O/c1-9-3-6-13(7-9)10(14)11(8-12)4-2-5-11/h9H,2-8,12H2,1H3. The van der Waals surface area contributed by atoms with Gasteiger partial charge in [0.05, 0.1) is 5.41 Å². The number of amides is 1. The maximum absolute atomic E-state index is 12.2. The zero-order chi connectivity index (χ0) is 10.2. The Morgan fingerprint density at radius 1 is 1.57 bits per heavy atom. The first-order valence-corrected chi connectivity index (χ1v) is 5.67. The van der Waals surface area contributed by atoms with Crippen molar-refractivity contribution < 1.29 is 4.79 Å². The largest absolute Gasteiger partial charge is 0.342 e. The molecule has 0 aromatic heterocycles. The highest BCUT2D eigenvalue weighted by molar-refractivity contribution is 5.84. The third-order valence-corrected chi connectivity index (χ3v) is 3.87. The minimum Gasteiger partial charge on any atom is -0.342 e. The highest BCUT2D eigenvalue weighted by Crippen LogP contribution is 2.42. The van der Waals surface area contributed by atoms with E-state index >= 15 is 0 Å². The van der Waals surface area contributed by atoms with Crippen molar-refractivity contribution in [2.24, 2.45) is 17.1 Å². The van der Waals surface area contributed by atoms with E-state index in [2.05, 4.69) is 6.92 Å². The van der Waals surface area contributed by atoms with E-state index in [0.29, 0.717) is 18.4 Å². The first-order valence-electron chi connectivity index (χ1n) is 5.67. The Hall–Kier alpha value is -0.570. The van der Waals surface area contributed by atoms with Crippen LogP contribution >= 0.6 is 0 Å². The second-order valence-electron chi connectivity index (χ2n) is 4.98. The van der Waals surface area contributed by atoms with E-state index < -0.39 is 0 Å². The summed E-state index contributed by atoms with van der Waals surface area (Å²) in [6.07, 6.45) is 4.35. The summed E-state index contributed by atoms with van der Waals surface area (Å²) in [5, 5.41) is 0. The first-order chi connectivity index (χ1) is 6.68. The molecule has 3 heteroatoms. The predicted octanol–water partition coefficient (Wildman–Crippen LogP) is 0.984. The summed E-state index contributed by atoms with van der Waals surface area (Å²) in [7, 11) is 0. The van der Waals surface area contributed by atoms with Gasteiger partial charge < -0.3 is 10.6 Å². The van der Waals surface area contributed by atoms with E-state index in [0.717, 1.165) is 32.4 Å². The summed E-state index contributed by atoms with van der Waals surface area (Å²) < 4.78 is 0. The Balaban J connectivity index is 2.00. The molecule has 0 spiro atoms. The third-order valence-electron chi connectivity index (χ3n) is 3.87. The molecule has 2 aliphatic rings. The lowest BCUT2D eigenvalue weighted by Crippen LogP contribution is -2.51. The number of nitrogens with zero attached hydrogens (tertiary/aromatic N) is 1. The van der Waals surface area contributed by atoms with Crippen molar-refractivity contribution >= 4 is 5.91 Å². The quantitative estimate of drug-likeness (QED) is 0.715. The van der Waals surface area contributed by atoms with Crippen molar-refractivity contribution in [3.63, 3.8) is 0 Å². The number of carbonyl (C=O) groups excluding carboxylic acids is 1. The molecule has 1 aliphatic carbocycles. The minimum atomic E-state index is -0.163. The van der Waals surface area contributed by atoms with Crippen LogP contribution in [0.25, 0.3) is 0 Å². The van der Waals surface area contributed by atoms with E-state index in [1.54, 1.807) is 0 Å². The van der Waals surface area contributed by atoms with Crippen molar-refractivity contribution in [1.29, 1.82) is 0 Å². The molecule has 0 radical (unpaired) electrons. The van der Waals surface area contributed by atoms with E-state index in [1.807, 2.05) is 4.90 Å². The Kier molecular flexibility index (Phi) is 2.52. The van der Waals surface area contributed by atoms with Crippen LogP contribution < -0.4 is 5.73 Å². The van der Waals surface area contributed by atoms with Crippen molar-refractivity contribution in [2.75, 3.05) is 19.6 Å². The molecular weight excluding hydrogens is 176 g/mol. The molecule has 0 aromatic rings. The maximum Gasteiger partial charge on any atom is 0.230 e. The van der Waals surface area contributed by atoms with Crippen molar-refractivity contribution in [1.82, 2.24) is 4.90 Å². The van der Waals surface area contributed by atoms with Crippen molar-refractivity contribution in [3.05, 3.63) is 0 Å². The number of hydrogen-bond acceptors (Lipinski definition) is 2. The van der Waals surface area contributed by atoms with E-state index in [9.17, 15) is 4.79 Å². The Bertz CT molecular complexity index is 230. The highest BCUT2D eigenvalue weighted by atomic mass is 16.2. The van der Waals surface area contributed by atoms with Gasteiger partial charge in [-0.15, -0.1) is 0 Å². The van der Waals surface area contributed by atoms with Gasteiger partial charge >= 0.3 is 0 Å². The van der Waals surface area contributed by atoms with Gasteiger partial charge in [0.2, 0.25) is 5.91 Å².